The Morgan fingerprint density at radius 2 is 1.76 bits per heavy atom. The van der Waals surface area contributed by atoms with Crippen molar-refractivity contribution in [3.63, 3.8) is 0 Å². The zero-order valence-corrected chi connectivity index (χ0v) is 15.1. The second kappa shape index (κ2) is 7.48. The summed E-state index contributed by atoms with van der Waals surface area (Å²) >= 11 is 1.35. The van der Waals surface area contributed by atoms with Crippen molar-refractivity contribution in [3.05, 3.63) is 65.7 Å². The predicted octanol–water partition coefficient (Wildman–Crippen LogP) is 2.89. The van der Waals surface area contributed by atoms with Crippen LogP contribution in [0.5, 0.6) is 0 Å². The summed E-state index contributed by atoms with van der Waals surface area (Å²) in [4.78, 5) is 14.3. The highest BCUT2D eigenvalue weighted by molar-refractivity contribution is 8.00. The van der Waals surface area contributed by atoms with Crippen LogP contribution in [-0.2, 0) is 4.79 Å². The molecule has 0 aliphatic rings. The summed E-state index contributed by atoms with van der Waals surface area (Å²) in [5.41, 5.74) is 2.95. The number of hydrogen-bond acceptors (Lipinski definition) is 5. The maximum Gasteiger partial charge on any atom is 0.240 e. The number of nitrogens with zero attached hydrogens (tertiary/aromatic N) is 5. The van der Waals surface area contributed by atoms with E-state index >= 15 is 0 Å². The predicted molar refractivity (Wildman–Crippen MR) is 97.6 cm³/mol. The summed E-state index contributed by atoms with van der Waals surface area (Å²) in [5.74, 6) is -0.00495. The van der Waals surface area contributed by atoms with Gasteiger partial charge in [0.05, 0.1) is 5.69 Å². The molecule has 0 saturated heterocycles. The van der Waals surface area contributed by atoms with E-state index in [0.29, 0.717) is 5.16 Å². The topological polar surface area (TPSA) is 63.9 Å². The molecule has 25 heavy (non-hydrogen) atoms. The lowest BCUT2D eigenvalue weighted by atomic mass is 10.1. The molecule has 0 fully saturated rings. The monoisotopic (exact) mass is 353 g/mol. The largest absolute Gasteiger partial charge is 0.348 e. The average molecular weight is 353 g/mol. The van der Waals surface area contributed by atoms with Gasteiger partial charge < -0.3 is 4.90 Å². The first-order valence-corrected chi connectivity index (χ1v) is 8.72. The lowest BCUT2D eigenvalue weighted by Crippen LogP contribution is -2.27. The van der Waals surface area contributed by atoms with Crippen molar-refractivity contribution in [3.8, 4) is 5.69 Å². The Morgan fingerprint density at radius 1 is 1.08 bits per heavy atom. The van der Waals surface area contributed by atoms with Gasteiger partial charge in [-0.05, 0) is 35.0 Å². The molecule has 0 bridgehead atoms. The standard InChI is InChI=1S/C18H19N5OS/c1-13-9-11-15(12-10-13)23-18(19-20-21-23)25-16(17(24)22(2)3)14-7-5-4-6-8-14/h4-12,16H,1-3H3/t16-/m1/s1. The Kier molecular flexibility index (Phi) is 5.14. The van der Waals surface area contributed by atoms with E-state index in [0.717, 1.165) is 16.8 Å². The molecule has 1 amide bonds. The highest BCUT2D eigenvalue weighted by Crippen LogP contribution is 2.35. The molecule has 6 nitrogen and oxygen atoms in total. The quantitative estimate of drug-likeness (QED) is 0.660. The number of amides is 1. The van der Waals surface area contributed by atoms with Gasteiger partial charge in [-0.25, -0.2) is 0 Å². The van der Waals surface area contributed by atoms with E-state index in [-0.39, 0.29) is 5.91 Å². The Labute approximate surface area is 150 Å². The Hall–Kier alpha value is -2.67. The SMILES string of the molecule is Cc1ccc(-n2nnnc2S[C@@H](C(=O)N(C)C)c2ccccc2)cc1. The molecule has 3 rings (SSSR count). The van der Waals surface area contributed by atoms with Crippen molar-refractivity contribution in [2.75, 3.05) is 14.1 Å². The number of aryl methyl sites for hydroxylation is 1. The molecule has 3 aromatic rings. The molecule has 1 heterocycles. The average Bonchev–Trinajstić information content (AvgIpc) is 3.08. The first-order valence-electron chi connectivity index (χ1n) is 7.84. The molecule has 7 heteroatoms. The maximum absolute atomic E-state index is 12.7. The summed E-state index contributed by atoms with van der Waals surface area (Å²) in [6.07, 6.45) is 0. The van der Waals surface area contributed by atoms with Gasteiger partial charge in [0.2, 0.25) is 11.1 Å². The molecule has 128 valence electrons. The second-order valence-electron chi connectivity index (χ2n) is 5.85. The zero-order valence-electron chi connectivity index (χ0n) is 14.3. The van der Waals surface area contributed by atoms with Crippen LogP contribution in [0.1, 0.15) is 16.4 Å². The summed E-state index contributed by atoms with van der Waals surface area (Å²) in [7, 11) is 3.50. The third kappa shape index (κ3) is 3.88. The molecule has 0 saturated carbocycles. The minimum Gasteiger partial charge on any atom is -0.348 e. The van der Waals surface area contributed by atoms with Gasteiger partial charge in [-0.1, -0.05) is 59.8 Å². The minimum atomic E-state index is -0.411. The van der Waals surface area contributed by atoms with Gasteiger partial charge in [-0.3, -0.25) is 4.79 Å². The lowest BCUT2D eigenvalue weighted by Gasteiger charge is -2.20. The zero-order chi connectivity index (χ0) is 17.8. The molecule has 0 radical (unpaired) electrons. The first kappa shape index (κ1) is 17.2. The van der Waals surface area contributed by atoms with Crippen LogP contribution < -0.4 is 0 Å². The number of carbonyl (C=O) groups excluding carboxylic acids is 1. The van der Waals surface area contributed by atoms with Crippen molar-refractivity contribution in [2.45, 2.75) is 17.3 Å². The Bertz CT molecular complexity index is 845. The van der Waals surface area contributed by atoms with E-state index in [1.54, 1.807) is 23.7 Å². The van der Waals surface area contributed by atoms with E-state index < -0.39 is 5.25 Å². The van der Waals surface area contributed by atoms with Crippen LogP contribution in [0.4, 0.5) is 0 Å². The van der Waals surface area contributed by atoms with Gasteiger partial charge in [0.1, 0.15) is 5.25 Å². The fourth-order valence-corrected chi connectivity index (χ4v) is 3.47. The van der Waals surface area contributed by atoms with Crippen molar-refractivity contribution >= 4 is 17.7 Å². The molecular formula is C18H19N5OS. The summed E-state index contributed by atoms with van der Waals surface area (Å²) in [5, 5.41) is 12.1. The minimum absolute atomic E-state index is 0.00495. The van der Waals surface area contributed by atoms with Crippen LogP contribution in [0.15, 0.2) is 59.8 Å². The lowest BCUT2D eigenvalue weighted by molar-refractivity contribution is -0.128. The van der Waals surface area contributed by atoms with Gasteiger partial charge in [0.15, 0.2) is 0 Å². The van der Waals surface area contributed by atoms with E-state index in [1.807, 2.05) is 61.5 Å². The van der Waals surface area contributed by atoms with Gasteiger partial charge in [0.25, 0.3) is 0 Å². The van der Waals surface area contributed by atoms with Crippen molar-refractivity contribution in [2.24, 2.45) is 0 Å². The van der Waals surface area contributed by atoms with E-state index in [1.165, 1.54) is 11.8 Å². The summed E-state index contributed by atoms with van der Waals surface area (Å²) < 4.78 is 1.66. The first-order chi connectivity index (χ1) is 12.1. The van der Waals surface area contributed by atoms with Crippen LogP contribution in [0.2, 0.25) is 0 Å². The Balaban J connectivity index is 1.95. The molecule has 0 aliphatic heterocycles. The number of benzene rings is 2. The Morgan fingerprint density at radius 3 is 2.40 bits per heavy atom. The van der Waals surface area contributed by atoms with Crippen molar-refractivity contribution in [1.29, 1.82) is 0 Å². The summed E-state index contributed by atoms with van der Waals surface area (Å²) in [6, 6.07) is 17.6. The molecular weight excluding hydrogens is 334 g/mol. The van der Waals surface area contributed by atoms with Crippen LogP contribution >= 0.6 is 11.8 Å². The van der Waals surface area contributed by atoms with Crippen LogP contribution in [0.3, 0.4) is 0 Å². The third-order valence-corrected chi connectivity index (χ3v) is 4.88. The van der Waals surface area contributed by atoms with Crippen LogP contribution in [-0.4, -0.2) is 45.1 Å². The van der Waals surface area contributed by atoms with E-state index in [2.05, 4.69) is 15.5 Å². The molecule has 0 unspecified atom stereocenters. The molecule has 0 aliphatic carbocycles. The van der Waals surface area contributed by atoms with Crippen LogP contribution in [0.25, 0.3) is 5.69 Å². The highest BCUT2D eigenvalue weighted by atomic mass is 32.2. The van der Waals surface area contributed by atoms with Gasteiger partial charge in [-0.15, -0.1) is 5.10 Å². The maximum atomic E-state index is 12.7. The third-order valence-electron chi connectivity index (χ3n) is 3.71. The van der Waals surface area contributed by atoms with Crippen molar-refractivity contribution in [1.82, 2.24) is 25.1 Å². The number of aromatic nitrogens is 4. The normalized spacial score (nSPS) is 12.0. The molecule has 0 spiro atoms. The second-order valence-corrected chi connectivity index (χ2v) is 6.92. The highest BCUT2D eigenvalue weighted by Gasteiger charge is 2.26. The number of tetrazole rings is 1. The molecule has 1 atom stereocenters. The number of likely N-dealkylation sites (N-methyl/N-ethyl adjacent to an activating group) is 1. The fraction of sp³-hybridized carbons (Fsp3) is 0.222. The number of hydrogen-bond donors (Lipinski definition) is 0. The summed E-state index contributed by atoms with van der Waals surface area (Å²) in [6.45, 7) is 2.03. The fourth-order valence-electron chi connectivity index (χ4n) is 2.33. The van der Waals surface area contributed by atoms with Gasteiger partial charge >= 0.3 is 0 Å². The van der Waals surface area contributed by atoms with Gasteiger partial charge in [-0.2, -0.15) is 4.68 Å². The van der Waals surface area contributed by atoms with Crippen LogP contribution in [0, 0.1) is 6.92 Å². The van der Waals surface area contributed by atoms with E-state index in [9.17, 15) is 4.79 Å². The smallest absolute Gasteiger partial charge is 0.240 e. The molecule has 0 N–H and O–H groups in total. The number of carbonyl (C=O) groups is 1. The number of rotatable bonds is 5. The number of thioether (sulfide) groups is 1. The molecule has 1 aromatic heterocycles. The van der Waals surface area contributed by atoms with E-state index in [4.69, 9.17) is 0 Å². The van der Waals surface area contributed by atoms with Crippen molar-refractivity contribution < 1.29 is 4.79 Å². The molecule has 2 aromatic carbocycles. The van der Waals surface area contributed by atoms with Gasteiger partial charge in [0, 0.05) is 14.1 Å².